The maximum absolute atomic E-state index is 5.57. The van der Waals surface area contributed by atoms with Crippen LogP contribution in [0.15, 0.2) is 12.1 Å². The highest BCUT2D eigenvalue weighted by Gasteiger charge is 2.22. The molecule has 2 heterocycles. The van der Waals surface area contributed by atoms with Crippen molar-refractivity contribution >= 4 is 0 Å². The maximum atomic E-state index is 5.57. The molecule has 2 aliphatic rings. The van der Waals surface area contributed by atoms with Crippen LogP contribution in [0.1, 0.15) is 29.5 Å². The molecular weight excluding hydrogens is 226 g/mol. The van der Waals surface area contributed by atoms with Gasteiger partial charge in [0.2, 0.25) is 0 Å². The summed E-state index contributed by atoms with van der Waals surface area (Å²) in [5.41, 5.74) is 4.09. The molecule has 0 bridgehead atoms. The molecule has 0 spiro atoms. The van der Waals surface area contributed by atoms with E-state index in [4.69, 9.17) is 9.47 Å². The van der Waals surface area contributed by atoms with Crippen molar-refractivity contribution < 1.29 is 9.47 Å². The lowest BCUT2D eigenvalue weighted by Gasteiger charge is -2.24. The van der Waals surface area contributed by atoms with Gasteiger partial charge >= 0.3 is 0 Å². The van der Waals surface area contributed by atoms with E-state index in [0.29, 0.717) is 0 Å². The Morgan fingerprint density at radius 1 is 1.39 bits per heavy atom. The Balaban J connectivity index is 1.86. The number of ether oxygens (including phenoxy) is 2. The molecule has 1 atom stereocenters. The lowest BCUT2D eigenvalue weighted by molar-refractivity contribution is 0.134. The fourth-order valence-corrected chi connectivity index (χ4v) is 3.10. The number of benzene rings is 1. The normalized spacial score (nSPS) is 22.8. The van der Waals surface area contributed by atoms with Crippen LogP contribution in [0.25, 0.3) is 0 Å². The lowest BCUT2D eigenvalue weighted by atomic mass is 9.89. The van der Waals surface area contributed by atoms with Gasteiger partial charge in [0, 0.05) is 5.56 Å². The fraction of sp³-hybridized carbons (Fsp3) is 0.600. The summed E-state index contributed by atoms with van der Waals surface area (Å²) < 4.78 is 11.1. The van der Waals surface area contributed by atoms with Crippen molar-refractivity contribution in [2.75, 3.05) is 20.2 Å². The van der Waals surface area contributed by atoms with E-state index < -0.39 is 0 Å². The summed E-state index contributed by atoms with van der Waals surface area (Å²) in [7, 11) is 1.76. The molecule has 0 aliphatic carbocycles. The van der Waals surface area contributed by atoms with Gasteiger partial charge in [0.05, 0.1) is 20.3 Å². The van der Waals surface area contributed by atoms with Crippen molar-refractivity contribution in [2.45, 2.75) is 32.5 Å². The van der Waals surface area contributed by atoms with Crippen molar-refractivity contribution in [3.63, 3.8) is 0 Å². The number of fused-ring (bicyclic) bond motifs is 1. The molecule has 1 N–H and O–H groups in total. The zero-order valence-electron chi connectivity index (χ0n) is 11.0. The standard InChI is InChI=1S/C15H21NO2/c1-17-15-5-4-12-9-18-10-14(12)13(15)7-11-3-2-6-16-8-11/h4-5,11,16H,2-3,6-10H2,1H3. The van der Waals surface area contributed by atoms with E-state index in [1.807, 2.05) is 0 Å². The third-order valence-electron chi connectivity index (χ3n) is 4.10. The molecule has 1 aromatic carbocycles. The number of piperidine rings is 1. The molecular formula is C15H21NO2. The van der Waals surface area contributed by atoms with E-state index in [1.54, 1.807) is 7.11 Å². The van der Waals surface area contributed by atoms with Crippen LogP contribution in [-0.4, -0.2) is 20.2 Å². The highest BCUT2D eigenvalue weighted by Crippen LogP contribution is 2.33. The van der Waals surface area contributed by atoms with Gasteiger partial charge in [-0.3, -0.25) is 0 Å². The van der Waals surface area contributed by atoms with Crippen LogP contribution in [0, 0.1) is 5.92 Å². The third kappa shape index (κ3) is 2.25. The molecule has 3 nitrogen and oxygen atoms in total. The SMILES string of the molecule is COc1ccc2c(c1CC1CCCNC1)COC2. The predicted molar refractivity (Wildman–Crippen MR) is 70.8 cm³/mol. The largest absolute Gasteiger partial charge is 0.496 e. The molecule has 0 amide bonds. The topological polar surface area (TPSA) is 30.5 Å². The number of rotatable bonds is 3. The number of hydrogen-bond acceptors (Lipinski definition) is 3. The fourth-order valence-electron chi connectivity index (χ4n) is 3.10. The van der Waals surface area contributed by atoms with Gasteiger partial charge in [-0.15, -0.1) is 0 Å². The first kappa shape index (κ1) is 12.0. The third-order valence-corrected chi connectivity index (χ3v) is 4.10. The Morgan fingerprint density at radius 3 is 3.11 bits per heavy atom. The molecule has 3 heteroatoms. The van der Waals surface area contributed by atoms with Crippen LogP contribution in [-0.2, 0) is 24.4 Å². The van der Waals surface area contributed by atoms with Crippen LogP contribution in [0.2, 0.25) is 0 Å². The summed E-state index contributed by atoms with van der Waals surface area (Å²) in [5.74, 6) is 1.77. The molecule has 1 unspecified atom stereocenters. The highest BCUT2D eigenvalue weighted by atomic mass is 16.5. The Bertz CT molecular complexity index is 425. The van der Waals surface area contributed by atoms with Gasteiger partial charge in [-0.25, -0.2) is 0 Å². The molecule has 2 aliphatic heterocycles. The molecule has 0 aromatic heterocycles. The number of hydrogen-bond donors (Lipinski definition) is 1. The first-order valence-corrected chi connectivity index (χ1v) is 6.84. The van der Waals surface area contributed by atoms with Gasteiger partial charge in [0.15, 0.2) is 0 Å². The van der Waals surface area contributed by atoms with Crippen molar-refractivity contribution in [3.05, 3.63) is 28.8 Å². The van der Waals surface area contributed by atoms with Gasteiger partial charge in [0.25, 0.3) is 0 Å². The summed E-state index contributed by atoms with van der Waals surface area (Å²) in [4.78, 5) is 0. The average molecular weight is 247 g/mol. The molecule has 0 radical (unpaired) electrons. The minimum atomic E-state index is 0.736. The van der Waals surface area contributed by atoms with Crippen LogP contribution < -0.4 is 10.1 Å². The van der Waals surface area contributed by atoms with E-state index in [9.17, 15) is 0 Å². The lowest BCUT2D eigenvalue weighted by Crippen LogP contribution is -2.31. The van der Waals surface area contributed by atoms with E-state index in [2.05, 4.69) is 17.4 Å². The van der Waals surface area contributed by atoms with Crippen LogP contribution in [0.5, 0.6) is 5.75 Å². The molecule has 18 heavy (non-hydrogen) atoms. The van der Waals surface area contributed by atoms with Crippen molar-refractivity contribution in [2.24, 2.45) is 5.92 Å². The van der Waals surface area contributed by atoms with Gasteiger partial charge < -0.3 is 14.8 Å². The second-order valence-corrected chi connectivity index (χ2v) is 5.29. The van der Waals surface area contributed by atoms with E-state index in [-0.39, 0.29) is 0 Å². The smallest absolute Gasteiger partial charge is 0.122 e. The van der Waals surface area contributed by atoms with Gasteiger partial charge in [-0.05, 0) is 55.5 Å². The Kier molecular flexibility index (Phi) is 3.52. The number of methoxy groups -OCH3 is 1. The van der Waals surface area contributed by atoms with Crippen LogP contribution in [0.3, 0.4) is 0 Å². The second-order valence-electron chi connectivity index (χ2n) is 5.29. The Morgan fingerprint density at radius 2 is 2.33 bits per heavy atom. The molecule has 3 rings (SSSR count). The number of nitrogens with one attached hydrogen (secondary N) is 1. The monoisotopic (exact) mass is 247 g/mol. The summed E-state index contributed by atoms with van der Waals surface area (Å²) in [6.45, 7) is 3.81. The van der Waals surface area contributed by atoms with E-state index in [1.165, 1.54) is 36.1 Å². The summed E-state index contributed by atoms with van der Waals surface area (Å²) >= 11 is 0. The minimum Gasteiger partial charge on any atom is -0.496 e. The molecule has 98 valence electrons. The Hall–Kier alpha value is -1.06. The summed E-state index contributed by atoms with van der Waals surface area (Å²) in [5, 5.41) is 3.49. The van der Waals surface area contributed by atoms with Gasteiger partial charge in [-0.1, -0.05) is 6.07 Å². The molecule has 0 saturated carbocycles. The van der Waals surface area contributed by atoms with Crippen molar-refractivity contribution in [1.29, 1.82) is 0 Å². The average Bonchev–Trinajstić information content (AvgIpc) is 2.89. The highest BCUT2D eigenvalue weighted by molar-refractivity contribution is 5.46. The predicted octanol–water partition coefficient (Wildman–Crippen LogP) is 2.27. The van der Waals surface area contributed by atoms with Gasteiger partial charge in [-0.2, -0.15) is 0 Å². The zero-order chi connectivity index (χ0) is 12.4. The summed E-state index contributed by atoms with van der Waals surface area (Å²) in [6, 6.07) is 4.24. The molecule has 1 aromatic rings. The summed E-state index contributed by atoms with van der Waals surface area (Å²) in [6.07, 6.45) is 3.72. The van der Waals surface area contributed by atoms with Crippen LogP contribution >= 0.6 is 0 Å². The Labute approximate surface area is 108 Å². The maximum Gasteiger partial charge on any atom is 0.122 e. The second kappa shape index (κ2) is 5.29. The van der Waals surface area contributed by atoms with Crippen molar-refractivity contribution in [1.82, 2.24) is 5.32 Å². The van der Waals surface area contributed by atoms with Crippen LogP contribution in [0.4, 0.5) is 0 Å². The van der Waals surface area contributed by atoms with Gasteiger partial charge in [0.1, 0.15) is 5.75 Å². The van der Waals surface area contributed by atoms with E-state index >= 15 is 0 Å². The van der Waals surface area contributed by atoms with Crippen molar-refractivity contribution in [3.8, 4) is 5.75 Å². The first-order chi connectivity index (χ1) is 8.88. The minimum absolute atomic E-state index is 0.736. The first-order valence-electron chi connectivity index (χ1n) is 6.84. The van der Waals surface area contributed by atoms with E-state index in [0.717, 1.165) is 37.8 Å². The molecule has 1 fully saturated rings. The zero-order valence-corrected chi connectivity index (χ0v) is 11.0. The molecule has 1 saturated heterocycles. The quantitative estimate of drug-likeness (QED) is 0.888.